The van der Waals surface area contributed by atoms with E-state index in [1.807, 2.05) is 0 Å². The Bertz CT molecular complexity index is 1540. The molecule has 0 saturated carbocycles. The lowest BCUT2D eigenvalue weighted by Gasteiger charge is -2.48. The second-order valence-electron chi connectivity index (χ2n) is 21.2. The molecule has 19 heteroatoms. The lowest BCUT2D eigenvalue weighted by Crippen LogP contribution is -2.66. The molecule has 17 atom stereocenters. The summed E-state index contributed by atoms with van der Waals surface area (Å²) in [4.78, 5) is 12.0. The van der Waals surface area contributed by atoms with E-state index in [4.69, 9.17) is 28.4 Å². The molecule has 0 bridgehead atoms. The number of hydrogen-bond acceptors (Lipinski definition) is 18. The molecule has 0 aromatic rings. The Balaban J connectivity index is 1.25. The van der Waals surface area contributed by atoms with E-state index in [0.29, 0.717) is 6.42 Å². The van der Waals surface area contributed by atoms with Crippen LogP contribution in [0.3, 0.4) is 0 Å². The fourth-order valence-corrected chi connectivity index (χ4v) is 9.96. The first-order valence-electron chi connectivity index (χ1n) is 29.2. The maximum atomic E-state index is 12.0. The molecule has 444 valence electrons. The van der Waals surface area contributed by atoms with Gasteiger partial charge >= 0.3 is 0 Å². The number of unbranched alkanes of at least 4 members (excludes halogenated alkanes) is 24. The van der Waals surface area contributed by atoms with E-state index in [-0.39, 0.29) is 6.61 Å². The van der Waals surface area contributed by atoms with Crippen molar-refractivity contribution in [3.05, 3.63) is 36.5 Å². The first-order chi connectivity index (χ1) is 36.8. The maximum absolute atomic E-state index is 12.0. The van der Waals surface area contributed by atoms with Crippen molar-refractivity contribution >= 4 is 5.91 Å². The fourth-order valence-electron chi connectivity index (χ4n) is 9.96. The van der Waals surface area contributed by atoms with E-state index in [1.54, 1.807) is 6.08 Å². The van der Waals surface area contributed by atoms with Gasteiger partial charge in [0.2, 0.25) is 5.91 Å². The zero-order valence-electron chi connectivity index (χ0n) is 46.0. The predicted molar refractivity (Wildman–Crippen MR) is 286 cm³/mol. The van der Waals surface area contributed by atoms with Gasteiger partial charge in [0, 0.05) is 6.92 Å². The number of carbonyl (C=O) groups excluding carboxylic acids is 1. The van der Waals surface area contributed by atoms with Gasteiger partial charge in [0.25, 0.3) is 0 Å². The number of rotatable bonds is 42. The van der Waals surface area contributed by atoms with Crippen LogP contribution in [0.5, 0.6) is 0 Å². The number of hydrogen-bond donors (Lipinski definition) is 12. The van der Waals surface area contributed by atoms with Crippen LogP contribution in [-0.4, -0.2) is 193 Å². The molecule has 76 heavy (non-hydrogen) atoms. The number of carbonyl (C=O) groups is 1. The summed E-state index contributed by atoms with van der Waals surface area (Å²) in [5.74, 6) is -0.467. The van der Waals surface area contributed by atoms with Crippen LogP contribution in [-0.2, 0) is 33.2 Å². The molecular formula is C57H103NO18. The molecular weight excluding hydrogens is 987 g/mol. The molecule has 0 spiro atoms. The van der Waals surface area contributed by atoms with Crippen molar-refractivity contribution in [2.75, 3.05) is 26.4 Å². The molecule has 3 fully saturated rings. The fraction of sp³-hybridized carbons (Fsp3) is 0.877. The van der Waals surface area contributed by atoms with Gasteiger partial charge in [0.05, 0.1) is 38.6 Å². The van der Waals surface area contributed by atoms with Gasteiger partial charge in [-0.25, -0.2) is 0 Å². The lowest BCUT2D eigenvalue weighted by atomic mass is 9.96. The number of ether oxygens (including phenoxy) is 6. The van der Waals surface area contributed by atoms with E-state index >= 15 is 0 Å². The molecule has 3 aliphatic rings. The van der Waals surface area contributed by atoms with Crippen LogP contribution in [0.2, 0.25) is 0 Å². The minimum atomic E-state index is -1.98. The Morgan fingerprint density at radius 1 is 0.461 bits per heavy atom. The smallest absolute Gasteiger partial charge is 0.217 e. The summed E-state index contributed by atoms with van der Waals surface area (Å²) in [6.07, 6.45) is 20.3. The highest BCUT2D eigenvalue weighted by atomic mass is 16.8. The maximum Gasteiger partial charge on any atom is 0.217 e. The van der Waals surface area contributed by atoms with Gasteiger partial charge < -0.3 is 89.9 Å². The van der Waals surface area contributed by atoms with E-state index in [1.165, 1.54) is 154 Å². The number of aliphatic hydroxyl groups is 11. The van der Waals surface area contributed by atoms with Gasteiger partial charge in [-0.3, -0.25) is 4.79 Å². The average molecular weight is 1090 g/mol. The molecule has 0 aliphatic carbocycles. The monoisotopic (exact) mass is 1090 g/mol. The molecule has 0 aromatic heterocycles. The van der Waals surface area contributed by atoms with E-state index < -0.39 is 130 Å². The highest BCUT2D eigenvalue weighted by Gasteiger charge is 2.53. The zero-order chi connectivity index (χ0) is 55.5. The molecule has 0 radical (unpaired) electrons. The summed E-state index contributed by atoms with van der Waals surface area (Å²) in [6, 6.07) is -0.996. The molecule has 3 heterocycles. The van der Waals surface area contributed by atoms with Crippen molar-refractivity contribution in [1.82, 2.24) is 5.32 Å². The first-order valence-corrected chi connectivity index (χ1v) is 29.2. The van der Waals surface area contributed by atoms with E-state index in [0.717, 1.165) is 25.7 Å². The Morgan fingerprint density at radius 2 is 0.816 bits per heavy atom. The molecule has 12 N–H and O–H groups in total. The summed E-state index contributed by atoms with van der Waals surface area (Å²) in [5, 5.41) is 118. The summed E-state index contributed by atoms with van der Waals surface area (Å²) in [5.41, 5.74) is 0. The molecule has 0 aromatic carbocycles. The average Bonchev–Trinajstić information content (AvgIpc) is 3.41. The van der Waals surface area contributed by atoms with Crippen molar-refractivity contribution < 1.29 is 89.4 Å². The summed E-state index contributed by atoms with van der Waals surface area (Å²) in [7, 11) is 0. The van der Waals surface area contributed by atoms with Crippen LogP contribution in [0.15, 0.2) is 36.5 Å². The Labute approximate surface area is 453 Å². The number of aliphatic hydroxyl groups excluding tert-OH is 11. The Kier molecular flexibility index (Phi) is 36.9. The molecule has 17 unspecified atom stereocenters. The Hall–Kier alpha value is -1.99. The van der Waals surface area contributed by atoms with E-state index in [2.05, 4.69) is 36.5 Å². The normalized spacial score (nSPS) is 31.2. The van der Waals surface area contributed by atoms with Gasteiger partial charge in [0.1, 0.15) is 73.2 Å². The number of amides is 1. The highest BCUT2D eigenvalue weighted by molar-refractivity contribution is 5.73. The predicted octanol–water partition coefficient (Wildman–Crippen LogP) is 4.54. The van der Waals surface area contributed by atoms with Crippen molar-refractivity contribution in [3.8, 4) is 0 Å². The molecule has 3 saturated heterocycles. The minimum Gasteiger partial charge on any atom is -0.394 e. The molecule has 19 nitrogen and oxygen atoms in total. The van der Waals surface area contributed by atoms with Crippen LogP contribution in [0.25, 0.3) is 0 Å². The van der Waals surface area contributed by atoms with Crippen molar-refractivity contribution in [2.24, 2.45) is 0 Å². The SMILES string of the molecule is CCCCCCCCCCCCCCCCCCCCCCCC/C=C/CC/C=C/CC/C=C/C(O)C(COC1OC(CO)C(OC2OC(CO)C(OC3OC(CO)C(O)C(O)C3O)C(O)C2O)C(O)C1O)NC(C)=O. The van der Waals surface area contributed by atoms with Crippen LogP contribution in [0.4, 0.5) is 0 Å². The summed E-state index contributed by atoms with van der Waals surface area (Å²) in [6.45, 7) is 0.722. The van der Waals surface area contributed by atoms with Gasteiger partial charge in [-0.05, 0) is 38.5 Å². The quantitative estimate of drug-likeness (QED) is 0.0295. The molecule has 1 amide bonds. The number of allylic oxidation sites excluding steroid dienone is 5. The largest absolute Gasteiger partial charge is 0.394 e. The van der Waals surface area contributed by atoms with Gasteiger partial charge in [-0.15, -0.1) is 0 Å². The van der Waals surface area contributed by atoms with Crippen LogP contribution in [0.1, 0.15) is 187 Å². The summed E-state index contributed by atoms with van der Waals surface area (Å²) >= 11 is 0. The summed E-state index contributed by atoms with van der Waals surface area (Å²) < 4.78 is 33.6. The number of nitrogens with one attached hydrogen (secondary N) is 1. The molecule has 3 aliphatic heterocycles. The third-order valence-corrected chi connectivity index (χ3v) is 14.7. The van der Waals surface area contributed by atoms with Crippen LogP contribution in [0, 0.1) is 0 Å². The van der Waals surface area contributed by atoms with Gasteiger partial charge in [-0.1, -0.05) is 178 Å². The first kappa shape index (κ1) is 68.3. The van der Waals surface area contributed by atoms with E-state index in [9.17, 15) is 61.0 Å². The third kappa shape index (κ3) is 25.6. The van der Waals surface area contributed by atoms with Gasteiger partial charge in [-0.2, -0.15) is 0 Å². The van der Waals surface area contributed by atoms with Crippen molar-refractivity contribution in [3.63, 3.8) is 0 Å². The Morgan fingerprint density at radius 3 is 1.24 bits per heavy atom. The van der Waals surface area contributed by atoms with Crippen LogP contribution >= 0.6 is 0 Å². The standard InChI is InChI=1S/C57H103NO18/c1-3-4-5-6-7-8-9-10-11-12-13-14-15-16-17-18-19-20-21-22-23-24-25-26-27-28-29-30-31-32-33-34-35-42(63)41(58-40(2)62)39-71-55-51(69)48(66)53(44(37-60)73-55)76-57-52(70)49(67)54(45(38-61)74-57)75-56-50(68)47(65)46(64)43(36-59)72-56/h26-27,30-31,34-35,41-57,59-61,63-70H,3-25,28-29,32-33,36-39H2,1-2H3,(H,58,62)/b27-26+,31-30+,35-34+. The van der Waals surface area contributed by atoms with Crippen LogP contribution < -0.4 is 5.32 Å². The van der Waals surface area contributed by atoms with Gasteiger partial charge in [0.15, 0.2) is 18.9 Å². The topological polar surface area (TPSA) is 307 Å². The van der Waals surface area contributed by atoms with Crippen molar-refractivity contribution in [2.45, 2.75) is 291 Å². The highest BCUT2D eigenvalue weighted by Crippen LogP contribution is 2.33. The second kappa shape index (κ2) is 41.1. The zero-order valence-corrected chi connectivity index (χ0v) is 46.0. The minimum absolute atomic E-state index is 0.388. The molecule has 3 rings (SSSR count). The third-order valence-electron chi connectivity index (χ3n) is 14.7. The van der Waals surface area contributed by atoms with Crippen molar-refractivity contribution in [1.29, 1.82) is 0 Å². The lowest BCUT2D eigenvalue weighted by molar-refractivity contribution is -0.379. The second-order valence-corrected chi connectivity index (χ2v) is 21.2.